The Kier molecular flexibility index (Phi) is 10.8. The van der Waals surface area contributed by atoms with Crippen molar-refractivity contribution in [3.8, 4) is 11.8 Å². The molecule has 0 saturated heterocycles. The van der Waals surface area contributed by atoms with E-state index < -0.39 is 16.6 Å². The van der Waals surface area contributed by atoms with E-state index in [0.717, 1.165) is 18.4 Å². The van der Waals surface area contributed by atoms with Gasteiger partial charge in [-0.05, 0) is 115 Å². The largest absolute Gasteiger partial charge is 0.413 e. The van der Waals surface area contributed by atoms with Gasteiger partial charge in [-0.2, -0.15) is 0 Å². The van der Waals surface area contributed by atoms with Gasteiger partial charge in [-0.1, -0.05) is 110 Å². The zero-order chi connectivity index (χ0) is 33.4. The monoisotopic (exact) mass is 644 g/mol. The van der Waals surface area contributed by atoms with Crippen LogP contribution in [0.4, 0.5) is 0 Å². The lowest BCUT2D eigenvalue weighted by Gasteiger charge is -2.45. The molecule has 0 spiro atoms. The van der Waals surface area contributed by atoms with Crippen LogP contribution in [0.2, 0.25) is 36.3 Å². The van der Waals surface area contributed by atoms with Crippen molar-refractivity contribution < 1.29 is 8.85 Å². The molecule has 3 saturated carbocycles. The predicted octanol–water partition coefficient (Wildman–Crippen LogP) is 11.9. The Morgan fingerprint density at radius 1 is 0.933 bits per heavy atom. The normalized spacial score (nSPS) is 30.6. The van der Waals surface area contributed by atoms with Gasteiger partial charge in [-0.25, -0.2) is 0 Å². The van der Waals surface area contributed by atoms with Crippen molar-refractivity contribution in [3.63, 3.8) is 0 Å². The Hall–Kier alpha value is -1.65. The Labute approximate surface area is 279 Å². The minimum absolute atomic E-state index is 0.0237. The number of allylic oxidation sites excluding steroid dienone is 3. The first-order valence-corrected chi connectivity index (χ1v) is 23.6. The molecule has 3 fully saturated rings. The van der Waals surface area contributed by atoms with Crippen LogP contribution in [0.1, 0.15) is 106 Å². The SMILES string of the molecule is C=C1/C(=C/C=C2\CCC[C@]3(C)[C@@H]([C@@H](C)C#Cc4ccccc4)CC[C@@H]23)C[C@@H](O[Si](C)(C)C(C)(C)C)C[C@@H]1O[Si](C)(C)C(C)(C)C. The molecule has 2 nitrogen and oxygen atoms in total. The number of hydrogen-bond donors (Lipinski definition) is 0. The highest BCUT2D eigenvalue weighted by Crippen LogP contribution is 2.59. The quantitative estimate of drug-likeness (QED) is 0.227. The zero-order valence-corrected chi connectivity index (χ0v) is 32.9. The molecular formula is C41H64O2Si2. The minimum Gasteiger partial charge on any atom is -0.413 e. The summed E-state index contributed by atoms with van der Waals surface area (Å²) in [6.07, 6.45) is 13.3. The van der Waals surface area contributed by atoms with Gasteiger partial charge in [0.25, 0.3) is 0 Å². The van der Waals surface area contributed by atoms with Crippen molar-refractivity contribution in [3.05, 3.63) is 71.3 Å². The molecule has 4 rings (SSSR count). The van der Waals surface area contributed by atoms with E-state index in [4.69, 9.17) is 8.85 Å². The summed E-state index contributed by atoms with van der Waals surface area (Å²) in [4.78, 5) is 0. The molecule has 45 heavy (non-hydrogen) atoms. The van der Waals surface area contributed by atoms with Crippen LogP contribution < -0.4 is 0 Å². The highest BCUT2D eigenvalue weighted by atomic mass is 28.4. The van der Waals surface area contributed by atoms with Crippen molar-refractivity contribution in [2.24, 2.45) is 23.2 Å². The summed E-state index contributed by atoms with van der Waals surface area (Å²) in [6, 6.07) is 10.5. The van der Waals surface area contributed by atoms with Crippen LogP contribution in [0.3, 0.4) is 0 Å². The van der Waals surface area contributed by atoms with Crippen LogP contribution in [0, 0.1) is 35.0 Å². The lowest BCUT2D eigenvalue weighted by Crippen LogP contribution is -2.49. The van der Waals surface area contributed by atoms with Gasteiger partial charge >= 0.3 is 0 Å². The van der Waals surface area contributed by atoms with E-state index in [2.05, 4.69) is 142 Å². The van der Waals surface area contributed by atoms with Crippen LogP contribution in [0.15, 0.2) is 65.8 Å². The molecule has 0 heterocycles. The van der Waals surface area contributed by atoms with Crippen molar-refractivity contribution >= 4 is 16.6 Å². The maximum absolute atomic E-state index is 7.09. The van der Waals surface area contributed by atoms with Gasteiger partial charge in [0.1, 0.15) is 0 Å². The lowest BCUT2D eigenvalue weighted by atomic mass is 9.61. The van der Waals surface area contributed by atoms with E-state index in [9.17, 15) is 0 Å². The van der Waals surface area contributed by atoms with Crippen molar-refractivity contribution in [1.29, 1.82) is 0 Å². The van der Waals surface area contributed by atoms with Crippen molar-refractivity contribution in [2.75, 3.05) is 0 Å². The second kappa shape index (κ2) is 13.5. The maximum Gasteiger partial charge on any atom is 0.192 e. The first-order valence-electron chi connectivity index (χ1n) is 17.8. The van der Waals surface area contributed by atoms with Gasteiger partial charge in [0.05, 0.1) is 12.2 Å². The Morgan fingerprint density at radius 3 is 2.18 bits per heavy atom. The van der Waals surface area contributed by atoms with E-state index in [0.29, 0.717) is 23.2 Å². The van der Waals surface area contributed by atoms with Crippen molar-refractivity contribution in [2.45, 2.75) is 149 Å². The smallest absolute Gasteiger partial charge is 0.192 e. The molecule has 0 bridgehead atoms. The van der Waals surface area contributed by atoms with Gasteiger partial charge in [-0.3, -0.25) is 0 Å². The number of rotatable bonds is 6. The fraction of sp³-hybridized carbons (Fsp3) is 0.659. The molecular weight excluding hydrogens is 581 g/mol. The summed E-state index contributed by atoms with van der Waals surface area (Å²) in [5.41, 5.74) is 5.60. The molecule has 1 aromatic rings. The molecule has 0 aromatic heterocycles. The second-order valence-corrected chi connectivity index (χ2v) is 27.3. The van der Waals surface area contributed by atoms with E-state index in [1.807, 2.05) is 0 Å². The molecule has 0 aliphatic heterocycles. The van der Waals surface area contributed by atoms with Gasteiger partial charge in [0.2, 0.25) is 0 Å². The summed E-state index contributed by atoms with van der Waals surface area (Å²) in [5.74, 6) is 8.82. The van der Waals surface area contributed by atoms with Crippen LogP contribution in [0.25, 0.3) is 0 Å². The third-order valence-corrected chi connectivity index (χ3v) is 21.6. The lowest BCUT2D eigenvalue weighted by molar-refractivity contribution is 0.0969. The molecule has 6 atom stereocenters. The van der Waals surface area contributed by atoms with Crippen molar-refractivity contribution in [1.82, 2.24) is 0 Å². The van der Waals surface area contributed by atoms with Gasteiger partial charge in [0, 0.05) is 17.9 Å². The average Bonchev–Trinajstić information content (AvgIpc) is 3.29. The first-order chi connectivity index (χ1) is 20.7. The molecule has 4 heteroatoms. The summed E-state index contributed by atoms with van der Waals surface area (Å²) < 4.78 is 14.2. The highest BCUT2D eigenvalue weighted by Gasteiger charge is 2.50. The summed E-state index contributed by atoms with van der Waals surface area (Å²) in [6.45, 7) is 33.2. The Morgan fingerprint density at radius 2 is 1.56 bits per heavy atom. The molecule has 1 aromatic carbocycles. The highest BCUT2D eigenvalue weighted by molar-refractivity contribution is 6.74. The molecule has 3 aliphatic carbocycles. The van der Waals surface area contributed by atoms with Crippen LogP contribution in [-0.2, 0) is 8.85 Å². The van der Waals surface area contributed by atoms with E-state index in [1.165, 1.54) is 43.3 Å². The second-order valence-electron chi connectivity index (χ2n) is 17.8. The fourth-order valence-electron chi connectivity index (χ4n) is 7.69. The summed E-state index contributed by atoms with van der Waals surface area (Å²) >= 11 is 0. The van der Waals surface area contributed by atoms with Crippen LogP contribution >= 0.6 is 0 Å². The molecule has 3 aliphatic rings. The molecule has 248 valence electrons. The van der Waals surface area contributed by atoms with E-state index in [-0.39, 0.29) is 22.3 Å². The summed E-state index contributed by atoms with van der Waals surface area (Å²) in [7, 11) is -3.90. The Balaban J connectivity index is 1.60. The average molecular weight is 645 g/mol. The van der Waals surface area contributed by atoms with Gasteiger partial charge < -0.3 is 8.85 Å². The van der Waals surface area contributed by atoms with Gasteiger partial charge in [0.15, 0.2) is 16.6 Å². The van der Waals surface area contributed by atoms with Gasteiger partial charge in [-0.15, -0.1) is 0 Å². The van der Waals surface area contributed by atoms with E-state index in [1.54, 1.807) is 5.57 Å². The van der Waals surface area contributed by atoms with Crippen LogP contribution in [0.5, 0.6) is 0 Å². The molecule has 0 amide bonds. The maximum atomic E-state index is 7.09. The van der Waals surface area contributed by atoms with Crippen LogP contribution in [-0.4, -0.2) is 28.8 Å². The fourth-order valence-corrected chi connectivity index (χ4v) is 10.4. The zero-order valence-electron chi connectivity index (χ0n) is 30.9. The number of benzene rings is 1. The number of fused-ring (bicyclic) bond motifs is 1. The predicted molar refractivity (Wildman–Crippen MR) is 199 cm³/mol. The molecule has 0 radical (unpaired) electrons. The third-order valence-electron chi connectivity index (χ3n) is 12.6. The number of hydrogen-bond acceptors (Lipinski definition) is 2. The first kappa shape index (κ1) is 36.2. The molecule has 0 unspecified atom stereocenters. The third kappa shape index (κ3) is 8.09. The standard InChI is InChI=1S/C41H64O2Si2/c1-30(21-22-32-18-15-14-16-19-32)36-25-26-37-33(20-17-27-41(36,37)9)23-24-34-28-35(42-44(10,11)39(3,4)5)29-38(31(34)2)43-45(12,13)40(6,7)8/h14-16,18-19,23-24,30,35-38H,2,17,20,25-29H2,1,3-13H3/b33-23+,34-24+/t30-,35+,36+,37-,38-,41+/m0/s1. The molecule has 0 N–H and O–H groups in total. The Bertz CT molecular complexity index is 1330. The topological polar surface area (TPSA) is 18.5 Å². The van der Waals surface area contributed by atoms with E-state index >= 15 is 0 Å². The summed E-state index contributed by atoms with van der Waals surface area (Å²) in [5, 5.41) is 0.331. The minimum atomic E-state index is -1.98.